The zero-order valence-electron chi connectivity index (χ0n) is 26.4. The third-order valence-corrected chi connectivity index (χ3v) is 10.6. The summed E-state index contributed by atoms with van der Waals surface area (Å²) < 4.78 is 7.63. The van der Waals surface area contributed by atoms with Gasteiger partial charge in [0.15, 0.2) is 0 Å². The normalized spacial score (nSPS) is 11.7. The van der Waals surface area contributed by atoms with E-state index in [0.717, 1.165) is 55.0 Å². The van der Waals surface area contributed by atoms with Gasteiger partial charge in [-0.2, -0.15) is 0 Å². The average molecular weight is 645 g/mol. The predicted molar refractivity (Wildman–Crippen MR) is 207 cm³/mol. The number of para-hydroxylation sites is 2. The minimum Gasteiger partial charge on any atom is -0.455 e. The van der Waals surface area contributed by atoms with Crippen molar-refractivity contribution in [2.75, 3.05) is 4.90 Å². The lowest BCUT2D eigenvalue weighted by molar-refractivity contribution is 0.670. The summed E-state index contributed by atoms with van der Waals surface area (Å²) in [5.41, 5.74) is 9.53. The second-order valence-electron chi connectivity index (χ2n) is 12.4. The fourth-order valence-corrected chi connectivity index (χ4v) is 8.16. The molecule has 0 fully saturated rings. The standard InChI is InChI=1S/C45H28N2OS/c1-2-9-29(10-3-1)30-17-21-34(22-18-30)47(36-27-41-40-25-32-11-4-5-12-33(32)26-43(40)49-45(41)46-28-36)35-23-19-31(20-24-35)37-14-8-15-39-38-13-6-7-16-42(38)48-44(37)39/h1-28H. The van der Waals surface area contributed by atoms with Crippen molar-refractivity contribution < 1.29 is 4.42 Å². The molecule has 0 unspecified atom stereocenters. The van der Waals surface area contributed by atoms with E-state index in [2.05, 4.69) is 157 Å². The Bertz CT molecular complexity index is 2810. The van der Waals surface area contributed by atoms with E-state index in [4.69, 9.17) is 9.40 Å². The van der Waals surface area contributed by atoms with Crippen LogP contribution in [0, 0.1) is 0 Å². The first-order valence-corrected chi connectivity index (χ1v) is 17.3. The van der Waals surface area contributed by atoms with Crippen molar-refractivity contribution in [3.05, 3.63) is 170 Å². The van der Waals surface area contributed by atoms with Crippen molar-refractivity contribution in [3.63, 3.8) is 0 Å². The largest absolute Gasteiger partial charge is 0.455 e. The molecule has 3 heterocycles. The number of aromatic nitrogens is 1. The molecule has 0 aliphatic heterocycles. The fourth-order valence-electron chi connectivity index (χ4n) is 7.10. The number of thiophene rings is 1. The molecular formula is C45H28N2OS. The Labute approximate surface area is 286 Å². The Balaban J connectivity index is 1.11. The van der Waals surface area contributed by atoms with Gasteiger partial charge in [-0.25, -0.2) is 4.98 Å². The van der Waals surface area contributed by atoms with E-state index in [-0.39, 0.29) is 0 Å². The van der Waals surface area contributed by atoms with Gasteiger partial charge in [0, 0.05) is 43.2 Å². The zero-order chi connectivity index (χ0) is 32.3. The van der Waals surface area contributed by atoms with Crippen LogP contribution in [0.2, 0.25) is 0 Å². The molecule has 0 radical (unpaired) electrons. The smallest absolute Gasteiger partial charge is 0.143 e. The Morgan fingerprint density at radius 2 is 1.12 bits per heavy atom. The van der Waals surface area contributed by atoms with Crippen LogP contribution >= 0.6 is 11.3 Å². The summed E-state index contributed by atoms with van der Waals surface area (Å²) in [5.74, 6) is 0. The second kappa shape index (κ2) is 11.2. The van der Waals surface area contributed by atoms with Gasteiger partial charge in [-0.1, -0.05) is 115 Å². The molecule has 4 heteroatoms. The molecule has 0 aliphatic rings. The van der Waals surface area contributed by atoms with Gasteiger partial charge in [-0.05, 0) is 76.0 Å². The van der Waals surface area contributed by atoms with Gasteiger partial charge in [-0.3, -0.25) is 0 Å². The van der Waals surface area contributed by atoms with Crippen molar-refractivity contribution in [3.8, 4) is 22.3 Å². The Hall–Kier alpha value is -6.23. The summed E-state index contributed by atoms with van der Waals surface area (Å²) in [4.78, 5) is 8.38. The van der Waals surface area contributed by atoms with Gasteiger partial charge in [0.05, 0.1) is 11.9 Å². The molecule has 0 N–H and O–H groups in total. The maximum absolute atomic E-state index is 6.38. The fraction of sp³-hybridized carbons (Fsp3) is 0. The molecule has 0 aliphatic carbocycles. The van der Waals surface area contributed by atoms with Crippen molar-refractivity contribution in [2.24, 2.45) is 0 Å². The molecule has 3 nitrogen and oxygen atoms in total. The highest BCUT2D eigenvalue weighted by Crippen LogP contribution is 2.42. The van der Waals surface area contributed by atoms with Crippen LogP contribution in [-0.2, 0) is 0 Å². The number of fused-ring (bicyclic) bond motifs is 7. The highest BCUT2D eigenvalue weighted by molar-refractivity contribution is 7.25. The maximum atomic E-state index is 6.38. The minimum absolute atomic E-state index is 0.906. The molecule has 0 bridgehead atoms. The Morgan fingerprint density at radius 3 is 1.92 bits per heavy atom. The molecule has 10 rings (SSSR count). The van der Waals surface area contributed by atoms with Crippen LogP contribution in [0.5, 0.6) is 0 Å². The summed E-state index contributed by atoms with van der Waals surface area (Å²) in [6, 6.07) is 58.2. The summed E-state index contributed by atoms with van der Waals surface area (Å²) in [6.07, 6.45) is 2.01. The lowest BCUT2D eigenvalue weighted by atomic mass is 10.0. The monoisotopic (exact) mass is 644 g/mol. The molecule has 0 saturated heterocycles. The van der Waals surface area contributed by atoms with Gasteiger partial charge in [0.1, 0.15) is 16.0 Å². The maximum Gasteiger partial charge on any atom is 0.143 e. The first-order chi connectivity index (χ1) is 24.3. The number of pyridine rings is 1. The molecular weight excluding hydrogens is 617 g/mol. The van der Waals surface area contributed by atoms with E-state index in [1.54, 1.807) is 11.3 Å². The third-order valence-electron chi connectivity index (χ3n) is 9.51. The van der Waals surface area contributed by atoms with Crippen molar-refractivity contribution in [1.82, 2.24) is 4.98 Å². The highest BCUT2D eigenvalue weighted by atomic mass is 32.1. The van der Waals surface area contributed by atoms with E-state index in [1.165, 1.54) is 37.4 Å². The molecule has 10 aromatic rings. The molecule has 3 aromatic heterocycles. The molecule has 0 spiro atoms. The number of hydrogen-bond donors (Lipinski definition) is 0. The lowest BCUT2D eigenvalue weighted by Crippen LogP contribution is -2.10. The van der Waals surface area contributed by atoms with E-state index < -0.39 is 0 Å². The topological polar surface area (TPSA) is 29.3 Å². The van der Waals surface area contributed by atoms with E-state index in [1.807, 2.05) is 18.3 Å². The molecule has 230 valence electrons. The minimum atomic E-state index is 0.906. The van der Waals surface area contributed by atoms with E-state index in [0.29, 0.717) is 0 Å². The third kappa shape index (κ3) is 4.68. The van der Waals surface area contributed by atoms with Crippen LogP contribution in [0.3, 0.4) is 0 Å². The van der Waals surface area contributed by atoms with Crippen LogP contribution in [0.25, 0.3) is 75.3 Å². The lowest BCUT2D eigenvalue weighted by Gasteiger charge is -2.25. The van der Waals surface area contributed by atoms with Crippen LogP contribution in [0.4, 0.5) is 17.1 Å². The number of anilines is 3. The summed E-state index contributed by atoms with van der Waals surface area (Å²) >= 11 is 1.75. The van der Waals surface area contributed by atoms with Crippen molar-refractivity contribution in [1.29, 1.82) is 0 Å². The number of rotatable bonds is 5. The summed E-state index contributed by atoms with van der Waals surface area (Å²) in [7, 11) is 0. The van der Waals surface area contributed by atoms with Gasteiger partial charge in [-0.15, -0.1) is 11.3 Å². The van der Waals surface area contributed by atoms with Crippen LogP contribution in [0.15, 0.2) is 174 Å². The van der Waals surface area contributed by atoms with Gasteiger partial charge in [0.2, 0.25) is 0 Å². The average Bonchev–Trinajstić information content (AvgIpc) is 3.73. The van der Waals surface area contributed by atoms with E-state index >= 15 is 0 Å². The van der Waals surface area contributed by atoms with Crippen LogP contribution in [0.1, 0.15) is 0 Å². The predicted octanol–water partition coefficient (Wildman–Crippen LogP) is 13.3. The number of hydrogen-bond acceptors (Lipinski definition) is 4. The van der Waals surface area contributed by atoms with Gasteiger partial charge >= 0.3 is 0 Å². The second-order valence-corrected chi connectivity index (χ2v) is 13.5. The summed E-state index contributed by atoms with van der Waals surface area (Å²) in [5, 5.41) is 7.17. The first kappa shape index (κ1) is 27.8. The van der Waals surface area contributed by atoms with E-state index in [9.17, 15) is 0 Å². The molecule has 0 atom stereocenters. The van der Waals surface area contributed by atoms with Gasteiger partial charge in [0.25, 0.3) is 0 Å². The molecule has 49 heavy (non-hydrogen) atoms. The highest BCUT2D eigenvalue weighted by Gasteiger charge is 2.18. The molecule has 7 aromatic carbocycles. The summed E-state index contributed by atoms with van der Waals surface area (Å²) in [6.45, 7) is 0. The van der Waals surface area contributed by atoms with Crippen LogP contribution in [-0.4, -0.2) is 4.98 Å². The number of nitrogens with zero attached hydrogens (tertiary/aromatic N) is 2. The zero-order valence-corrected chi connectivity index (χ0v) is 27.2. The molecule has 0 amide bonds. The van der Waals surface area contributed by atoms with Crippen molar-refractivity contribution >= 4 is 81.4 Å². The Kier molecular flexibility index (Phi) is 6.36. The number of furan rings is 1. The van der Waals surface area contributed by atoms with Crippen LogP contribution < -0.4 is 4.90 Å². The van der Waals surface area contributed by atoms with Crippen molar-refractivity contribution in [2.45, 2.75) is 0 Å². The van der Waals surface area contributed by atoms with Gasteiger partial charge < -0.3 is 9.32 Å². The quantitative estimate of drug-likeness (QED) is 0.187. The Morgan fingerprint density at radius 1 is 0.469 bits per heavy atom. The number of benzene rings is 7. The molecule has 0 saturated carbocycles. The SMILES string of the molecule is c1ccc(-c2ccc(N(c3ccc(-c4cccc5c4oc4ccccc45)cc3)c3cnc4sc5cc6ccccc6cc5c4c3)cc2)cc1. The first-order valence-electron chi connectivity index (χ1n) is 16.4.